The van der Waals surface area contributed by atoms with Crippen molar-refractivity contribution in [3.8, 4) is 0 Å². The van der Waals surface area contributed by atoms with Crippen molar-refractivity contribution in [2.75, 3.05) is 6.61 Å². The lowest BCUT2D eigenvalue weighted by Gasteiger charge is -2.37. The number of nitrogens with zero attached hydrogens (tertiary/aromatic N) is 4. The van der Waals surface area contributed by atoms with Crippen molar-refractivity contribution in [2.24, 2.45) is 18.9 Å². The molecule has 1 saturated heterocycles. The Kier molecular flexibility index (Phi) is 5.73. The van der Waals surface area contributed by atoms with Gasteiger partial charge in [-0.1, -0.05) is 12.2 Å². The van der Waals surface area contributed by atoms with Crippen LogP contribution in [0.1, 0.15) is 43.5 Å². The van der Waals surface area contributed by atoms with Gasteiger partial charge in [-0.25, -0.2) is 13.4 Å². The Morgan fingerprint density at radius 2 is 2.09 bits per heavy atom. The van der Waals surface area contributed by atoms with E-state index in [2.05, 4.69) is 10.3 Å². The number of carbonyl (C=O) groups excluding carboxylic acids is 1. The lowest BCUT2D eigenvalue weighted by molar-refractivity contribution is -0.128. The van der Waals surface area contributed by atoms with Crippen LogP contribution in [-0.4, -0.2) is 56.5 Å². The van der Waals surface area contributed by atoms with E-state index in [4.69, 9.17) is 0 Å². The van der Waals surface area contributed by atoms with Gasteiger partial charge < -0.3 is 19.6 Å². The van der Waals surface area contributed by atoms with E-state index in [0.29, 0.717) is 11.3 Å². The van der Waals surface area contributed by atoms with Gasteiger partial charge in [0, 0.05) is 55.7 Å². The predicted octanol–water partition coefficient (Wildman–Crippen LogP) is 0.636. The lowest BCUT2D eigenvalue weighted by Crippen LogP contribution is -2.49. The highest BCUT2D eigenvalue weighted by Gasteiger charge is 2.60. The second kappa shape index (κ2) is 8.47. The van der Waals surface area contributed by atoms with Crippen LogP contribution in [0.25, 0.3) is 6.08 Å². The van der Waals surface area contributed by atoms with Gasteiger partial charge in [0.15, 0.2) is 5.03 Å². The number of pyridine rings is 1. The molecule has 5 rings (SSSR count). The van der Waals surface area contributed by atoms with Crippen LogP contribution in [0.4, 0.5) is 0 Å². The third kappa shape index (κ3) is 3.45. The standard InChI is InChI=1S/C23H29N5O5S/c1-3-5-14-8-9-17-21-20(22(30)25-15-6-4-7-15)16(12-29)18(10-27(17)23(14)31)28(21)34(32,33)19-11-26(2)13-24-19/h3,5,8-9,11,13,15-16,18,20-21,29H,4,6-7,10,12H2,1-2H3,(H,25,30)/b5-3+/t16-,18-,20+,21+/m1/s1. The summed E-state index contributed by atoms with van der Waals surface area (Å²) in [5.41, 5.74) is 0.707. The zero-order chi connectivity index (χ0) is 24.2. The highest BCUT2D eigenvalue weighted by molar-refractivity contribution is 7.89. The smallest absolute Gasteiger partial charge is 0.263 e. The molecule has 3 aliphatic rings. The molecule has 34 heavy (non-hydrogen) atoms. The number of sulfonamides is 1. The summed E-state index contributed by atoms with van der Waals surface area (Å²) in [5.74, 6) is -1.77. The molecule has 1 saturated carbocycles. The number of rotatable bonds is 6. The van der Waals surface area contributed by atoms with Gasteiger partial charge in [0.25, 0.3) is 15.6 Å². The van der Waals surface area contributed by atoms with Gasteiger partial charge in [-0.3, -0.25) is 9.59 Å². The van der Waals surface area contributed by atoms with Crippen molar-refractivity contribution in [1.82, 2.24) is 23.7 Å². The number of hydrogen-bond acceptors (Lipinski definition) is 6. The maximum atomic E-state index is 13.8. The lowest BCUT2D eigenvalue weighted by atomic mass is 9.85. The summed E-state index contributed by atoms with van der Waals surface area (Å²) in [6.45, 7) is 1.50. The zero-order valence-electron chi connectivity index (χ0n) is 19.2. The Bertz CT molecular complexity index is 1310. The van der Waals surface area contributed by atoms with E-state index in [1.54, 1.807) is 40.5 Å². The van der Waals surface area contributed by atoms with E-state index in [1.807, 2.05) is 6.92 Å². The number of aryl methyl sites for hydroxylation is 1. The Morgan fingerprint density at radius 3 is 2.68 bits per heavy atom. The fraction of sp³-hybridized carbons (Fsp3) is 0.522. The van der Waals surface area contributed by atoms with Crippen molar-refractivity contribution in [2.45, 2.75) is 55.9 Å². The van der Waals surface area contributed by atoms with Gasteiger partial charge >= 0.3 is 0 Å². The average Bonchev–Trinajstić information content (AvgIpc) is 3.32. The molecule has 10 nitrogen and oxygen atoms in total. The van der Waals surface area contributed by atoms with Crippen LogP contribution >= 0.6 is 0 Å². The molecule has 2 bridgehead atoms. The van der Waals surface area contributed by atoms with E-state index in [9.17, 15) is 23.1 Å². The third-order valence-electron chi connectivity index (χ3n) is 7.34. The van der Waals surface area contributed by atoms with Gasteiger partial charge in [0.2, 0.25) is 5.91 Å². The molecule has 11 heteroatoms. The van der Waals surface area contributed by atoms with E-state index >= 15 is 0 Å². The number of hydrogen-bond donors (Lipinski definition) is 2. The number of allylic oxidation sites excluding steroid dienone is 1. The number of aliphatic hydroxyl groups excluding tert-OH is 1. The molecule has 1 aliphatic carbocycles. The van der Waals surface area contributed by atoms with Crippen molar-refractivity contribution >= 4 is 22.0 Å². The first-order valence-corrected chi connectivity index (χ1v) is 13.0. The Hall–Kier alpha value is -2.76. The molecule has 182 valence electrons. The quantitative estimate of drug-likeness (QED) is 0.616. The number of fused-ring (bicyclic) bond motifs is 4. The number of amides is 1. The first kappa shape index (κ1) is 23.0. The number of aromatic nitrogens is 3. The number of aliphatic hydroxyl groups is 1. The van der Waals surface area contributed by atoms with Crippen LogP contribution in [0.2, 0.25) is 0 Å². The summed E-state index contributed by atoms with van der Waals surface area (Å²) >= 11 is 0. The molecule has 4 atom stereocenters. The molecule has 2 fully saturated rings. The molecule has 2 aromatic rings. The zero-order valence-corrected chi connectivity index (χ0v) is 20.0. The molecule has 0 radical (unpaired) electrons. The minimum atomic E-state index is -4.10. The third-order valence-corrected chi connectivity index (χ3v) is 9.13. The van der Waals surface area contributed by atoms with Crippen LogP contribution < -0.4 is 10.9 Å². The SMILES string of the molecule is C/C=C/c1ccc2n(c1=O)C[C@@H]1[C@@H](CO)[C@H](C(=O)NC3CCC3)[C@H]2N1S(=O)(=O)c1cn(C)cn1. The van der Waals surface area contributed by atoms with Crippen molar-refractivity contribution < 1.29 is 18.3 Å². The van der Waals surface area contributed by atoms with Gasteiger partial charge in [0.1, 0.15) is 0 Å². The highest BCUT2D eigenvalue weighted by atomic mass is 32.2. The summed E-state index contributed by atoms with van der Waals surface area (Å²) < 4.78 is 32.0. The normalized spacial score (nSPS) is 27.0. The molecule has 2 aliphatic heterocycles. The summed E-state index contributed by atoms with van der Waals surface area (Å²) in [4.78, 5) is 30.8. The predicted molar refractivity (Wildman–Crippen MR) is 124 cm³/mol. The summed E-state index contributed by atoms with van der Waals surface area (Å²) in [5, 5.41) is 13.3. The van der Waals surface area contributed by atoms with Crippen LogP contribution in [0.5, 0.6) is 0 Å². The second-order valence-electron chi connectivity index (χ2n) is 9.36. The summed E-state index contributed by atoms with van der Waals surface area (Å²) in [7, 11) is -2.42. The van der Waals surface area contributed by atoms with Crippen LogP contribution in [0, 0.1) is 11.8 Å². The van der Waals surface area contributed by atoms with Crippen LogP contribution in [0.3, 0.4) is 0 Å². The first-order chi connectivity index (χ1) is 16.3. The molecule has 1 amide bonds. The molecule has 0 aromatic carbocycles. The van der Waals surface area contributed by atoms with Gasteiger partial charge in [-0.05, 0) is 38.3 Å². The fourth-order valence-corrected chi connectivity index (χ4v) is 7.30. The number of imidazole rings is 1. The van der Waals surface area contributed by atoms with Gasteiger partial charge in [0.05, 0.1) is 18.3 Å². The molecule has 4 heterocycles. The number of carbonyl (C=O) groups is 1. The Morgan fingerprint density at radius 1 is 1.32 bits per heavy atom. The van der Waals surface area contributed by atoms with Crippen LogP contribution in [0.15, 0.2) is 40.6 Å². The van der Waals surface area contributed by atoms with E-state index in [0.717, 1.165) is 19.3 Å². The van der Waals surface area contributed by atoms with E-state index < -0.39 is 33.9 Å². The highest BCUT2D eigenvalue weighted by Crippen LogP contribution is 2.50. The Balaban J connectivity index is 1.67. The van der Waals surface area contributed by atoms with Gasteiger partial charge in [-0.2, -0.15) is 4.31 Å². The topological polar surface area (TPSA) is 127 Å². The number of nitrogens with one attached hydrogen (secondary N) is 1. The average molecular weight is 488 g/mol. The monoisotopic (exact) mass is 487 g/mol. The fourth-order valence-electron chi connectivity index (χ4n) is 5.49. The van der Waals surface area contributed by atoms with E-state index in [-0.39, 0.29) is 35.7 Å². The van der Waals surface area contributed by atoms with E-state index in [1.165, 1.54) is 16.8 Å². The minimum absolute atomic E-state index is 0.0561. The molecule has 0 spiro atoms. The summed E-state index contributed by atoms with van der Waals surface area (Å²) in [6, 6.07) is 1.77. The van der Waals surface area contributed by atoms with Gasteiger partial charge in [-0.15, -0.1) is 0 Å². The minimum Gasteiger partial charge on any atom is -0.396 e. The molecular weight excluding hydrogens is 458 g/mol. The Labute approximate surface area is 198 Å². The summed E-state index contributed by atoms with van der Waals surface area (Å²) in [6.07, 6.45) is 9.11. The first-order valence-electron chi connectivity index (χ1n) is 11.6. The molecular formula is C23H29N5O5S. The van der Waals surface area contributed by atoms with Crippen molar-refractivity contribution in [3.05, 3.63) is 52.3 Å². The van der Waals surface area contributed by atoms with Crippen molar-refractivity contribution in [1.29, 1.82) is 0 Å². The molecule has 2 aromatic heterocycles. The second-order valence-corrected chi connectivity index (χ2v) is 11.2. The molecule has 0 unspecified atom stereocenters. The maximum absolute atomic E-state index is 13.8. The maximum Gasteiger partial charge on any atom is 0.263 e. The van der Waals surface area contributed by atoms with Crippen LogP contribution in [-0.2, 0) is 28.4 Å². The van der Waals surface area contributed by atoms with Crippen molar-refractivity contribution in [3.63, 3.8) is 0 Å². The largest absolute Gasteiger partial charge is 0.396 e. The molecule has 2 N–H and O–H groups in total.